The minimum Gasteiger partial charge on any atom is -0.339 e. The Balaban J connectivity index is 1.56. The van der Waals surface area contributed by atoms with E-state index in [4.69, 9.17) is 5.21 Å². The second-order valence-electron chi connectivity index (χ2n) is 6.64. The molecular weight excluding hydrogens is 354 g/mol. The first-order valence-corrected chi connectivity index (χ1v) is 9.27. The molecule has 1 fully saturated rings. The Labute approximate surface area is 164 Å². The number of aromatic nitrogens is 1. The van der Waals surface area contributed by atoms with Crippen molar-refractivity contribution in [1.29, 1.82) is 0 Å². The summed E-state index contributed by atoms with van der Waals surface area (Å²) in [5, 5.41) is 8.49. The van der Waals surface area contributed by atoms with Crippen LogP contribution in [0.2, 0.25) is 0 Å². The summed E-state index contributed by atoms with van der Waals surface area (Å²) in [4.78, 5) is 29.7. The predicted molar refractivity (Wildman–Crippen MR) is 107 cm³/mol. The van der Waals surface area contributed by atoms with Crippen LogP contribution in [-0.4, -0.2) is 40.0 Å². The van der Waals surface area contributed by atoms with Gasteiger partial charge in [-0.2, -0.15) is 0 Å². The number of hydroxylamine groups is 1. The van der Waals surface area contributed by atoms with E-state index in [0.717, 1.165) is 25.9 Å². The molecule has 0 bridgehead atoms. The lowest BCUT2D eigenvalue weighted by molar-refractivity contribution is -0.127. The Kier molecular flexibility index (Phi) is 6.70. The van der Waals surface area contributed by atoms with Crippen molar-refractivity contribution in [3.63, 3.8) is 0 Å². The fraction of sp³-hybridized carbons (Fsp3) is 0.227. The summed E-state index contributed by atoms with van der Waals surface area (Å²) in [6, 6.07) is 15.7. The summed E-state index contributed by atoms with van der Waals surface area (Å²) in [7, 11) is 0. The van der Waals surface area contributed by atoms with Crippen molar-refractivity contribution >= 4 is 24.0 Å². The minimum atomic E-state index is -0.628. The van der Waals surface area contributed by atoms with Crippen LogP contribution in [0.5, 0.6) is 0 Å². The van der Waals surface area contributed by atoms with Gasteiger partial charge in [-0.05, 0) is 48.6 Å². The molecule has 28 heavy (non-hydrogen) atoms. The number of likely N-dealkylation sites (tertiary alicyclic amines) is 1. The topological polar surface area (TPSA) is 82.5 Å². The van der Waals surface area contributed by atoms with E-state index in [2.05, 4.69) is 29.2 Å². The number of hydrogen-bond acceptors (Lipinski definition) is 4. The van der Waals surface area contributed by atoms with E-state index in [0.29, 0.717) is 17.3 Å². The standard InChI is InChI=1S/C22H23N3O3/c26-21(24-28)11-9-19-7-4-8-20(23-19)10-12-22(27)25-15-13-18(14-16-25)17-5-2-1-3-6-17/h1-12,18,28H,13-16H2,(H,24,26)/b11-9+,12-10+. The monoisotopic (exact) mass is 377 g/mol. The molecule has 1 aromatic heterocycles. The van der Waals surface area contributed by atoms with Gasteiger partial charge in [-0.15, -0.1) is 0 Å². The van der Waals surface area contributed by atoms with E-state index < -0.39 is 5.91 Å². The largest absolute Gasteiger partial charge is 0.339 e. The number of nitrogens with zero attached hydrogens (tertiary/aromatic N) is 2. The first-order chi connectivity index (χ1) is 13.7. The lowest BCUT2D eigenvalue weighted by Crippen LogP contribution is -2.36. The van der Waals surface area contributed by atoms with Crippen molar-refractivity contribution in [3.05, 3.63) is 77.6 Å². The molecule has 0 spiro atoms. The highest BCUT2D eigenvalue weighted by Crippen LogP contribution is 2.27. The van der Waals surface area contributed by atoms with Crippen LogP contribution in [0.1, 0.15) is 35.7 Å². The van der Waals surface area contributed by atoms with Crippen LogP contribution in [-0.2, 0) is 9.59 Å². The van der Waals surface area contributed by atoms with Crippen LogP contribution in [0.25, 0.3) is 12.2 Å². The molecule has 2 aromatic rings. The van der Waals surface area contributed by atoms with Gasteiger partial charge < -0.3 is 4.90 Å². The molecule has 2 heterocycles. The van der Waals surface area contributed by atoms with E-state index in [9.17, 15) is 9.59 Å². The van der Waals surface area contributed by atoms with Gasteiger partial charge in [0.25, 0.3) is 5.91 Å². The number of carbonyl (C=O) groups excluding carboxylic acids is 2. The minimum absolute atomic E-state index is 0.0195. The Bertz CT molecular complexity index is 870. The van der Waals surface area contributed by atoms with E-state index in [1.807, 2.05) is 11.0 Å². The molecule has 0 radical (unpaired) electrons. The number of carbonyl (C=O) groups is 2. The summed E-state index contributed by atoms with van der Waals surface area (Å²) in [6.07, 6.45) is 7.81. The number of piperidine rings is 1. The molecule has 1 aromatic carbocycles. The molecule has 1 aliphatic heterocycles. The van der Waals surface area contributed by atoms with Gasteiger partial charge in [0.2, 0.25) is 5.91 Å². The summed E-state index contributed by atoms with van der Waals surface area (Å²) in [6.45, 7) is 1.49. The Hall–Kier alpha value is -3.25. The highest BCUT2D eigenvalue weighted by Gasteiger charge is 2.22. The quantitative estimate of drug-likeness (QED) is 0.477. The summed E-state index contributed by atoms with van der Waals surface area (Å²) in [5.41, 5.74) is 4.05. The molecule has 0 unspecified atom stereocenters. The van der Waals surface area contributed by atoms with Crippen LogP contribution in [0.3, 0.4) is 0 Å². The van der Waals surface area contributed by atoms with Crippen molar-refractivity contribution in [3.8, 4) is 0 Å². The third-order valence-corrected chi connectivity index (χ3v) is 4.78. The van der Waals surface area contributed by atoms with Crippen molar-refractivity contribution < 1.29 is 14.8 Å². The number of nitrogens with one attached hydrogen (secondary N) is 1. The fourth-order valence-corrected chi connectivity index (χ4v) is 3.27. The first-order valence-electron chi connectivity index (χ1n) is 9.27. The summed E-state index contributed by atoms with van der Waals surface area (Å²) in [5.74, 6) is -0.138. The Morgan fingerprint density at radius 1 is 0.964 bits per heavy atom. The molecule has 1 saturated heterocycles. The SMILES string of the molecule is O=C(/C=C/c1cccc(/C=C/C(=O)N2CCC(c3ccccc3)CC2)n1)NO. The van der Waals surface area contributed by atoms with E-state index >= 15 is 0 Å². The van der Waals surface area contributed by atoms with Crippen LogP contribution in [0, 0.1) is 0 Å². The van der Waals surface area contributed by atoms with Gasteiger partial charge in [-0.25, -0.2) is 10.5 Å². The smallest absolute Gasteiger partial charge is 0.267 e. The number of amides is 2. The van der Waals surface area contributed by atoms with Gasteiger partial charge in [0.05, 0.1) is 11.4 Å². The van der Waals surface area contributed by atoms with E-state index in [-0.39, 0.29) is 5.91 Å². The lowest BCUT2D eigenvalue weighted by atomic mass is 9.89. The first kappa shape index (κ1) is 19.5. The van der Waals surface area contributed by atoms with Crippen molar-refractivity contribution in [2.45, 2.75) is 18.8 Å². The predicted octanol–water partition coefficient (Wildman–Crippen LogP) is 3.02. The molecule has 3 rings (SSSR count). The summed E-state index contributed by atoms with van der Waals surface area (Å²) < 4.78 is 0. The van der Waals surface area contributed by atoms with Crippen molar-refractivity contribution in [2.24, 2.45) is 0 Å². The number of pyridine rings is 1. The van der Waals surface area contributed by atoms with Gasteiger partial charge in [0.15, 0.2) is 0 Å². The molecule has 144 valence electrons. The molecule has 2 amide bonds. The third-order valence-electron chi connectivity index (χ3n) is 4.78. The normalized spacial score (nSPS) is 15.2. The number of rotatable bonds is 5. The maximum atomic E-state index is 12.5. The van der Waals surface area contributed by atoms with E-state index in [1.54, 1.807) is 30.4 Å². The molecule has 0 atom stereocenters. The second-order valence-corrected chi connectivity index (χ2v) is 6.64. The number of benzene rings is 1. The average molecular weight is 377 g/mol. The third kappa shape index (κ3) is 5.37. The van der Waals surface area contributed by atoms with Crippen LogP contribution in [0.15, 0.2) is 60.7 Å². The van der Waals surface area contributed by atoms with E-state index in [1.165, 1.54) is 23.2 Å². The maximum absolute atomic E-state index is 12.5. The maximum Gasteiger partial charge on any atom is 0.267 e. The fourth-order valence-electron chi connectivity index (χ4n) is 3.27. The summed E-state index contributed by atoms with van der Waals surface area (Å²) >= 11 is 0. The molecule has 0 aliphatic carbocycles. The zero-order valence-corrected chi connectivity index (χ0v) is 15.5. The zero-order valence-electron chi connectivity index (χ0n) is 15.5. The van der Waals surface area contributed by atoms with Crippen LogP contribution < -0.4 is 5.48 Å². The van der Waals surface area contributed by atoms with Crippen LogP contribution >= 0.6 is 0 Å². The van der Waals surface area contributed by atoms with Gasteiger partial charge in [0, 0.05) is 25.2 Å². The Morgan fingerprint density at radius 3 is 2.25 bits per heavy atom. The number of hydrogen-bond donors (Lipinski definition) is 2. The molecule has 6 heteroatoms. The molecule has 6 nitrogen and oxygen atoms in total. The van der Waals surface area contributed by atoms with Crippen LogP contribution in [0.4, 0.5) is 0 Å². The molecule has 2 N–H and O–H groups in total. The Morgan fingerprint density at radius 2 is 1.61 bits per heavy atom. The van der Waals surface area contributed by atoms with Crippen molar-refractivity contribution in [2.75, 3.05) is 13.1 Å². The highest BCUT2D eigenvalue weighted by molar-refractivity contribution is 5.92. The van der Waals surface area contributed by atoms with Gasteiger partial charge in [-0.1, -0.05) is 36.4 Å². The second kappa shape index (κ2) is 9.62. The average Bonchev–Trinajstić information content (AvgIpc) is 2.76. The van der Waals surface area contributed by atoms with Crippen molar-refractivity contribution in [1.82, 2.24) is 15.4 Å². The molecular formula is C22H23N3O3. The van der Waals surface area contributed by atoms with Gasteiger partial charge >= 0.3 is 0 Å². The molecule has 0 saturated carbocycles. The lowest BCUT2D eigenvalue weighted by Gasteiger charge is -2.31. The molecule has 1 aliphatic rings. The zero-order chi connectivity index (χ0) is 19.8. The van der Waals surface area contributed by atoms with Gasteiger partial charge in [-0.3, -0.25) is 14.8 Å². The highest BCUT2D eigenvalue weighted by atomic mass is 16.5. The van der Waals surface area contributed by atoms with Gasteiger partial charge in [0.1, 0.15) is 0 Å².